The van der Waals surface area contributed by atoms with Crippen LogP contribution in [0.3, 0.4) is 0 Å². The summed E-state index contributed by atoms with van der Waals surface area (Å²) in [6, 6.07) is 6.76. The summed E-state index contributed by atoms with van der Waals surface area (Å²) < 4.78 is 47.3. The lowest BCUT2D eigenvalue weighted by Gasteiger charge is -2.25. The maximum Gasteiger partial charge on any atom is 0.459 e. The SMILES string of the molecule is CC(C)OC(=O)[C@H](C)N[P@](=O)(OC[C@H]1O[C@@H](n2cc(F)c(=O)[nH]c2=O)C(Cl)(Cl)[C@@H]1O)Oc1ccccc1. The zero-order valence-electron chi connectivity index (χ0n) is 19.8. The topological polar surface area (TPSA) is 158 Å². The highest BCUT2D eigenvalue weighted by Gasteiger charge is 2.56. The second-order valence-electron chi connectivity index (χ2n) is 8.32. The summed E-state index contributed by atoms with van der Waals surface area (Å²) in [7, 11) is -4.34. The number of hydrogen-bond donors (Lipinski definition) is 3. The van der Waals surface area contributed by atoms with Gasteiger partial charge in [-0.15, -0.1) is 0 Å². The van der Waals surface area contributed by atoms with Crippen molar-refractivity contribution in [2.24, 2.45) is 0 Å². The van der Waals surface area contributed by atoms with Gasteiger partial charge in [0.25, 0.3) is 5.56 Å². The molecule has 0 amide bonds. The molecule has 0 spiro atoms. The number of nitrogens with one attached hydrogen (secondary N) is 2. The summed E-state index contributed by atoms with van der Waals surface area (Å²) in [4.78, 5) is 37.5. The average Bonchev–Trinajstić information content (AvgIpc) is 3.03. The van der Waals surface area contributed by atoms with Crippen LogP contribution < -0.4 is 20.9 Å². The molecule has 37 heavy (non-hydrogen) atoms. The molecule has 0 radical (unpaired) electrons. The maximum atomic E-state index is 13.8. The van der Waals surface area contributed by atoms with Crippen LogP contribution in [0.4, 0.5) is 4.39 Å². The first-order chi connectivity index (χ1) is 17.2. The Balaban J connectivity index is 1.82. The molecule has 1 fully saturated rings. The Morgan fingerprint density at radius 2 is 1.95 bits per heavy atom. The third-order valence-electron chi connectivity index (χ3n) is 4.99. The van der Waals surface area contributed by atoms with Gasteiger partial charge in [0.1, 0.15) is 24.0 Å². The highest BCUT2D eigenvalue weighted by atomic mass is 35.5. The molecule has 2 aromatic rings. The predicted octanol–water partition coefficient (Wildman–Crippen LogP) is 2.24. The second-order valence-corrected chi connectivity index (χ2v) is 11.5. The maximum absolute atomic E-state index is 13.8. The zero-order chi connectivity index (χ0) is 27.5. The van der Waals surface area contributed by atoms with Crippen molar-refractivity contribution in [1.29, 1.82) is 0 Å². The van der Waals surface area contributed by atoms with Crippen molar-refractivity contribution in [3.05, 3.63) is 63.2 Å². The first-order valence-electron chi connectivity index (χ1n) is 10.9. The fourth-order valence-electron chi connectivity index (χ4n) is 3.25. The van der Waals surface area contributed by atoms with Crippen LogP contribution >= 0.6 is 30.9 Å². The van der Waals surface area contributed by atoms with Crippen molar-refractivity contribution >= 4 is 36.9 Å². The molecule has 1 aromatic carbocycles. The van der Waals surface area contributed by atoms with Crippen LogP contribution in [-0.4, -0.2) is 55.9 Å². The van der Waals surface area contributed by atoms with Crippen molar-refractivity contribution in [2.45, 2.75) is 55.7 Å². The summed E-state index contributed by atoms with van der Waals surface area (Å²) in [5, 5.41) is 13.1. The summed E-state index contributed by atoms with van der Waals surface area (Å²) in [5.74, 6) is -1.92. The first kappa shape index (κ1) is 29.3. The third kappa shape index (κ3) is 6.99. The molecule has 12 nitrogen and oxygen atoms in total. The highest BCUT2D eigenvalue weighted by molar-refractivity contribution is 7.52. The number of aliphatic hydroxyl groups is 1. The van der Waals surface area contributed by atoms with E-state index < -0.39 is 72.3 Å². The Hall–Kier alpha value is -2.25. The Bertz CT molecular complexity index is 1270. The molecule has 5 atom stereocenters. The Kier molecular flexibility index (Phi) is 9.23. The number of benzene rings is 1. The summed E-state index contributed by atoms with van der Waals surface area (Å²) >= 11 is 12.4. The number of nitrogens with zero attached hydrogens (tertiary/aromatic N) is 1. The van der Waals surface area contributed by atoms with Gasteiger partial charge in [-0.2, -0.15) is 9.48 Å². The van der Waals surface area contributed by atoms with E-state index in [-0.39, 0.29) is 5.75 Å². The number of alkyl halides is 2. The summed E-state index contributed by atoms with van der Waals surface area (Å²) in [5.41, 5.74) is -2.38. The molecule has 2 heterocycles. The number of rotatable bonds is 10. The van der Waals surface area contributed by atoms with Crippen LogP contribution in [0.1, 0.15) is 27.0 Å². The van der Waals surface area contributed by atoms with Crippen molar-refractivity contribution in [3.8, 4) is 5.75 Å². The lowest BCUT2D eigenvalue weighted by atomic mass is 10.2. The molecule has 0 aliphatic carbocycles. The van der Waals surface area contributed by atoms with E-state index in [1.54, 1.807) is 37.0 Å². The van der Waals surface area contributed by atoms with Crippen LogP contribution in [0.25, 0.3) is 0 Å². The number of aromatic nitrogens is 2. The minimum Gasteiger partial charge on any atom is -0.462 e. The first-order valence-corrected chi connectivity index (χ1v) is 13.2. The zero-order valence-corrected chi connectivity index (χ0v) is 22.2. The Labute approximate surface area is 220 Å². The quantitative estimate of drug-likeness (QED) is 0.215. The fraction of sp³-hybridized carbons (Fsp3) is 0.476. The number of aromatic amines is 1. The van der Waals surface area contributed by atoms with Crippen LogP contribution in [0.2, 0.25) is 0 Å². The van der Waals surface area contributed by atoms with Crippen molar-refractivity contribution < 1.29 is 37.4 Å². The number of carbonyl (C=O) groups is 1. The van der Waals surface area contributed by atoms with E-state index >= 15 is 0 Å². The number of aliphatic hydroxyl groups excluding tert-OH is 1. The highest BCUT2D eigenvalue weighted by Crippen LogP contribution is 2.49. The van der Waals surface area contributed by atoms with E-state index in [0.717, 1.165) is 0 Å². The van der Waals surface area contributed by atoms with Gasteiger partial charge in [0.15, 0.2) is 10.6 Å². The summed E-state index contributed by atoms with van der Waals surface area (Å²) in [6.07, 6.45) is -4.73. The van der Waals surface area contributed by atoms with Gasteiger partial charge >= 0.3 is 19.4 Å². The molecule has 3 N–H and O–H groups in total. The number of halogens is 3. The van der Waals surface area contributed by atoms with Crippen molar-refractivity contribution in [1.82, 2.24) is 14.6 Å². The monoisotopic (exact) mass is 583 g/mol. The van der Waals surface area contributed by atoms with Gasteiger partial charge in [-0.3, -0.25) is 23.7 Å². The molecule has 204 valence electrons. The Morgan fingerprint density at radius 3 is 2.57 bits per heavy atom. The third-order valence-corrected chi connectivity index (χ3v) is 7.46. The van der Waals surface area contributed by atoms with Gasteiger partial charge in [0.05, 0.1) is 18.9 Å². The van der Waals surface area contributed by atoms with E-state index in [0.29, 0.717) is 10.8 Å². The van der Waals surface area contributed by atoms with Crippen LogP contribution in [0.15, 0.2) is 46.1 Å². The van der Waals surface area contributed by atoms with Gasteiger partial charge < -0.3 is 19.1 Å². The molecule has 0 unspecified atom stereocenters. The van der Waals surface area contributed by atoms with Crippen molar-refractivity contribution in [2.75, 3.05) is 6.61 Å². The molecule has 1 aromatic heterocycles. The molecular formula is C21H25Cl2FN3O9P. The largest absolute Gasteiger partial charge is 0.462 e. The van der Waals surface area contributed by atoms with Crippen molar-refractivity contribution in [3.63, 3.8) is 0 Å². The van der Waals surface area contributed by atoms with E-state index in [1.807, 2.05) is 0 Å². The smallest absolute Gasteiger partial charge is 0.459 e. The molecule has 1 saturated heterocycles. The average molecular weight is 584 g/mol. The van der Waals surface area contributed by atoms with Gasteiger partial charge in [-0.1, -0.05) is 41.4 Å². The minimum absolute atomic E-state index is 0.132. The van der Waals surface area contributed by atoms with Crippen LogP contribution in [-0.2, 0) is 23.4 Å². The number of para-hydroxylation sites is 1. The molecule has 0 bridgehead atoms. The van der Waals surface area contributed by atoms with Gasteiger partial charge in [0.2, 0.25) is 5.82 Å². The number of hydrogen-bond acceptors (Lipinski definition) is 9. The molecule has 16 heteroatoms. The predicted molar refractivity (Wildman–Crippen MR) is 130 cm³/mol. The van der Waals surface area contributed by atoms with Crippen LogP contribution in [0, 0.1) is 5.82 Å². The van der Waals surface area contributed by atoms with E-state index in [4.69, 9.17) is 41.7 Å². The summed E-state index contributed by atoms with van der Waals surface area (Å²) in [6.45, 7) is 4.00. The molecular weight excluding hydrogens is 559 g/mol. The normalized spacial score (nSPS) is 23.4. The molecule has 3 rings (SSSR count). The van der Waals surface area contributed by atoms with Gasteiger partial charge in [-0.25, -0.2) is 9.36 Å². The molecule has 1 aliphatic rings. The van der Waals surface area contributed by atoms with Gasteiger partial charge in [-0.05, 0) is 32.9 Å². The second kappa shape index (κ2) is 11.6. The van der Waals surface area contributed by atoms with Crippen LogP contribution in [0.5, 0.6) is 5.75 Å². The molecule has 1 aliphatic heterocycles. The van der Waals surface area contributed by atoms with E-state index in [2.05, 4.69) is 5.09 Å². The van der Waals surface area contributed by atoms with E-state index in [9.17, 15) is 28.4 Å². The standard InChI is InChI=1S/C21H25Cl2FN3O9P/c1-11(2)34-18(30)12(3)26-37(32,36-13-7-5-4-6-8-13)33-10-15-16(28)21(22,23)19(35-15)27-9-14(24)17(29)25-20(27)31/h4-9,11-12,15-16,19,28H,10H2,1-3H3,(H,26,32)(H,25,29,31)/t12-,15+,16+,19+,37-/m0/s1. The Morgan fingerprint density at radius 1 is 1.30 bits per heavy atom. The van der Waals surface area contributed by atoms with E-state index in [1.165, 1.54) is 19.1 Å². The lowest BCUT2D eigenvalue weighted by Crippen LogP contribution is -2.42. The molecule has 0 saturated carbocycles. The van der Waals surface area contributed by atoms with Gasteiger partial charge in [0, 0.05) is 0 Å². The fourth-order valence-corrected chi connectivity index (χ4v) is 5.34. The number of carbonyl (C=O) groups excluding carboxylic acids is 1. The number of ether oxygens (including phenoxy) is 2. The number of H-pyrrole nitrogens is 1. The number of esters is 1. The lowest BCUT2D eigenvalue weighted by molar-refractivity contribution is -0.149. The minimum atomic E-state index is -4.34.